The van der Waals surface area contributed by atoms with E-state index in [1.807, 2.05) is 27.7 Å². The molecule has 0 aromatic rings. The van der Waals surface area contributed by atoms with Gasteiger partial charge in [-0.3, -0.25) is 4.79 Å². The van der Waals surface area contributed by atoms with E-state index in [4.69, 9.17) is 5.73 Å². The van der Waals surface area contributed by atoms with Crippen LogP contribution in [0.3, 0.4) is 0 Å². The summed E-state index contributed by atoms with van der Waals surface area (Å²) in [7, 11) is 0. The summed E-state index contributed by atoms with van der Waals surface area (Å²) in [6, 6.07) is 0.186. The number of carbonyl (C=O) groups is 1. The normalized spacial score (nSPS) is 11.6. The van der Waals surface area contributed by atoms with Gasteiger partial charge in [-0.05, 0) is 27.7 Å². The second-order valence-corrected chi connectivity index (χ2v) is 4.43. The van der Waals surface area contributed by atoms with Crippen LogP contribution in [-0.4, -0.2) is 29.9 Å². The van der Waals surface area contributed by atoms with Gasteiger partial charge < -0.3 is 10.6 Å². The van der Waals surface area contributed by atoms with E-state index in [1.165, 1.54) is 0 Å². The smallest absolute Gasteiger partial charge is 0.230 e. The molecule has 0 fully saturated rings. The van der Waals surface area contributed by atoms with Gasteiger partial charge in [0.2, 0.25) is 5.91 Å². The summed E-state index contributed by atoms with van der Waals surface area (Å²) in [6.45, 7) is 12.3. The molecule has 0 bridgehead atoms. The van der Waals surface area contributed by atoms with E-state index in [9.17, 15) is 4.79 Å². The van der Waals surface area contributed by atoms with Crippen molar-refractivity contribution in [3.63, 3.8) is 0 Å². The Bertz CT molecular complexity index is 209. The Morgan fingerprint density at radius 1 is 1.57 bits per heavy atom. The van der Waals surface area contributed by atoms with E-state index in [1.54, 1.807) is 11.0 Å². The van der Waals surface area contributed by atoms with Crippen LogP contribution in [0.1, 0.15) is 27.7 Å². The molecule has 2 N–H and O–H groups in total. The molecular weight excluding hydrogens is 176 g/mol. The van der Waals surface area contributed by atoms with Crippen LogP contribution in [0.5, 0.6) is 0 Å². The van der Waals surface area contributed by atoms with E-state index in [-0.39, 0.29) is 11.9 Å². The Kier molecular flexibility index (Phi) is 4.85. The zero-order valence-electron chi connectivity index (χ0n) is 9.71. The molecule has 0 heterocycles. The van der Waals surface area contributed by atoms with Crippen molar-refractivity contribution < 1.29 is 4.79 Å². The monoisotopic (exact) mass is 198 g/mol. The average molecular weight is 198 g/mol. The van der Waals surface area contributed by atoms with Crippen molar-refractivity contribution in [3.05, 3.63) is 12.7 Å². The summed E-state index contributed by atoms with van der Waals surface area (Å²) in [5, 5.41) is 0. The molecule has 1 amide bonds. The van der Waals surface area contributed by atoms with E-state index in [0.717, 1.165) is 0 Å². The molecular formula is C11H22N2O. The predicted octanol–water partition coefficient (Wildman–Crippen LogP) is 1.39. The standard InChI is InChI=1S/C11H22N2O/c1-6-7-13(9(2)3)10(14)11(4,5)8-12/h6,9H,1,7-8,12H2,2-5H3. The second-order valence-electron chi connectivity index (χ2n) is 4.43. The Labute approximate surface area is 87.0 Å². The fourth-order valence-electron chi connectivity index (χ4n) is 1.14. The molecule has 3 heteroatoms. The summed E-state index contributed by atoms with van der Waals surface area (Å²) >= 11 is 0. The molecule has 0 aliphatic carbocycles. The molecule has 0 unspecified atom stereocenters. The van der Waals surface area contributed by atoms with Gasteiger partial charge in [0.05, 0.1) is 5.41 Å². The van der Waals surface area contributed by atoms with Gasteiger partial charge in [-0.2, -0.15) is 0 Å². The van der Waals surface area contributed by atoms with Gasteiger partial charge in [-0.25, -0.2) is 0 Å². The second kappa shape index (κ2) is 5.15. The predicted molar refractivity (Wildman–Crippen MR) is 59.9 cm³/mol. The molecule has 0 atom stereocenters. The van der Waals surface area contributed by atoms with E-state index in [0.29, 0.717) is 13.1 Å². The van der Waals surface area contributed by atoms with Crippen molar-refractivity contribution in [2.75, 3.05) is 13.1 Å². The maximum Gasteiger partial charge on any atom is 0.230 e. The molecule has 0 aliphatic heterocycles. The summed E-state index contributed by atoms with van der Waals surface area (Å²) in [6.07, 6.45) is 1.74. The highest BCUT2D eigenvalue weighted by molar-refractivity contribution is 5.82. The lowest BCUT2D eigenvalue weighted by atomic mass is 9.91. The van der Waals surface area contributed by atoms with Crippen molar-refractivity contribution in [2.24, 2.45) is 11.1 Å². The molecule has 0 rings (SSSR count). The summed E-state index contributed by atoms with van der Waals surface area (Å²) in [5.74, 6) is 0.0925. The number of nitrogens with two attached hydrogens (primary N) is 1. The first-order chi connectivity index (χ1) is 6.36. The zero-order valence-corrected chi connectivity index (χ0v) is 9.71. The van der Waals surface area contributed by atoms with Crippen LogP contribution in [0, 0.1) is 5.41 Å². The van der Waals surface area contributed by atoms with E-state index in [2.05, 4.69) is 6.58 Å². The third-order valence-corrected chi connectivity index (χ3v) is 2.30. The van der Waals surface area contributed by atoms with Gasteiger partial charge in [0.15, 0.2) is 0 Å². The Hall–Kier alpha value is -0.830. The minimum atomic E-state index is -0.479. The maximum atomic E-state index is 12.0. The molecule has 0 aromatic carbocycles. The van der Waals surface area contributed by atoms with Crippen LogP contribution < -0.4 is 5.73 Å². The minimum absolute atomic E-state index is 0.0925. The van der Waals surface area contributed by atoms with Gasteiger partial charge in [0, 0.05) is 19.1 Å². The maximum absolute atomic E-state index is 12.0. The number of rotatable bonds is 5. The molecule has 0 aliphatic rings. The first-order valence-electron chi connectivity index (χ1n) is 4.99. The number of carbonyl (C=O) groups excluding carboxylic acids is 1. The van der Waals surface area contributed by atoms with Crippen LogP contribution >= 0.6 is 0 Å². The van der Waals surface area contributed by atoms with Crippen molar-refractivity contribution in [3.8, 4) is 0 Å². The van der Waals surface area contributed by atoms with Gasteiger partial charge in [0.25, 0.3) is 0 Å². The molecule has 0 saturated carbocycles. The van der Waals surface area contributed by atoms with Crippen molar-refractivity contribution in [2.45, 2.75) is 33.7 Å². The van der Waals surface area contributed by atoms with E-state index < -0.39 is 5.41 Å². The molecule has 14 heavy (non-hydrogen) atoms. The summed E-state index contributed by atoms with van der Waals surface area (Å²) in [5.41, 5.74) is 5.09. The molecule has 82 valence electrons. The minimum Gasteiger partial charge on any atom is -0.336 e. The van der Waals surface area contributed by atoms with Crippen molar-refractivity contribution in [1.29, 1.82) is 0 Å². The van der Waals surface area contributed by atoms with Crippen molar-refractivity contribution >= 4 is 5.91 Å². The fraction of sp³-hybridized carbons (Fsp3) is 0.727. The van der Waals surface area contributed by atoms with E-state index >= 15 is 0 Å². The lowest BCUT2D eigenvalue weighted by Gasteiger charge is -2.33. The number of hydrogen-bond donors (Lipinski definition) is 1. The lowest BCUT2D eigenvalue weighted by molar-refractivity contribution is -0.141. The Balaban J connectivity index is 4.67. The first-order valence-corrected chi connectivity index (χ1v) is 4.99. The fourth-order valence-corrected chi connectivity index (χ4v) is 1.14. The van der Waals surface area contributed by atoms with Gasteiger partial charge in [-0.1, -0.05) is 6.08 Å². The molecule has 3 nitrogen and oxygen atoms in total. The van der Waals surface area contributed by atoms with Crippen molar-refractivity contribution in [1.82, 2.24) is 4.90 Å². The molecule has 0 aromatic heterocycles. The quantitative estimate of drug-likeness (QED) is 0.679. The average Bonchev–Trinajstić information content (AvgIpc) is 2.12. The van der Waals surface area contributed by atoms with Gasteiger partial charge in [-0.15, -0.1) is 6.58 Å². The largest absolute Gasteiger partial charge is 0.336 e. The Morgan fingerprint density at radius 2 is 2.07 bits per heavy atom. The third kappa shape index (κ3) is 3.14. The SMILES string of the molecule is C=CCN(C(=O)C(C)(C)CN)C(C)C. The summed E-state index contributed by atoms with van der Waals surface area (Å²) < 4.78 is 0. The highest BCUT2D eigenvalue weighted by atomic mass is 16.2. The zero-order chi connectivity index (χ0) is 11.4. The van der Waals surface area contributed by atoms with Crippen LogP contribution in [0.2, 0.25) is 0 Å². The first kappa shape index (κ1) is 13.2. The highest BCUT2D eigenvalue weighted by Crippen LogP contribution is 2.18. The molecule has 0 radical (unpaired) electrons. The highest BCUT2D eigenvalue weighted by Gasteiger charge is 2.31. The summed E-state index contributed by atoms with van der Waals surface area (Å²) in [4.78, 5) is 13.8. The molecule has 0 saturated heterocycles. The van der Waals surface area contributed by atoms with Crippen LogP contribution in [0.15, 0.2) is 12.7 Å². The van der Waals surface area contributed by atoms with Crippen LogP contribution in [0.4, 0.5) is 0 Å². The molecule has 0 spiro atoms. The topological polar surface area (TPSA) is 46.3 Å². The number of nitrogens with zero attached hydrogens (tertiary/aromatic N) is 1. The third-order valence-electron chi connectivity index (χ3n) is 2.30. The number of hydrogen-bond acceptors (Lipinski definition) is 2. The van der Waals surface area contributed by atoms with Crippen LogP contribution in [0.25, 0.3) is 0 Å². The lowest BCUT2D eigenvalue weighted by Crippen LogP contribution is -2.47. The van der Waals surface area contributed by atoms with Gasteiger partial charge in [0.1, 0.15) is 0 Å². The van der Waals surface area contributed by atoms with Crippen LogP contribution in [-0.2, 0) is 4.79 Å². The number of amides is 1. The Morgan fingerprint density at radius 3 is 2.36 bits per heavy atom. The van der Waals surface area contributed by atoms with Gasteiger partial charge >= 0.3 is 0 Å².